The fraction of sp³-hybridized carbons (Fsp3) is 0.316. The monoisotopic (exact) mass is 345 g/mol. The Balaban J connectivity index is 1.83. The first-order valence-corrected chi connectivity index (χ1v) is 8.35. The van der Waals surface area contributed by atoms with Gasteiger partial charge in [0.15, 0.2) is 0 Å². The largest absolute Gasteiger partial charge is 0.334 e. The van der Waals surface area contributed by atoms with Crippen molar-refractivity contribution in [2.75, 3.05) is 14.1 Å². The molecule has 4 nitrogen and oxygen atoms in total. The number of urea groups is 1. The van der Waals surface area contributed by atoms with Crippen LogP contribution in [0.4, 0.5) is 4.79 Å². The van der Waals surface area contributed by atoms with Crippen molar-refractivity contribution in [3.63, 3.8) is 0 Å². The molecule has 0 saturated heterocycles. The second kappa shape index (κ2) is 8.71. The highest BCUT2D eigenvalue weighted by Crippen LogP contribution is 2.21. The number of amides is 2. The van der Waals surface area contributed by atoms with Crippen LogP contribution in [0.3, 0.4) is 0 Å². The normalized spacial score (nSPS) is 12.0. The second-order valence-electron chi connectivity index (χ2n) is 6.12. The lowest BCUT2D eigenvalue weighted by Crippen LogP contribution is -2.36. The average Bonchev–Trinajstić information content (AvgIpc) is 2.54. The molecule has 0 aromatic heterocycles. The number of hydrogen-bond donors (Lipinski definition) is 2. The van der Waals surface area contributed by atoms with Gasteiger partial charge < -0.3 is 15.5 Å². The first kappa shape index (κ1) is 18.3. The maximum Gasteiger partial charge on any atom is 0.315 e. The molecule has 1 unspecified atom stereocenters. The Labute approximate surface area is 148 Å². The molecule has 2 aromatic rings. The van der Waals surface area contributed by atoms with Gasteiger partial charge in [0.1, 0.15) is 0 Å². The Kier molecular flexibility index (Phi) is 6.64. The zero-order valence-corrected chi connectivity index (χ0v) is 15.1. The van der Waals surface area contributed by atoms with Crippen molar-refractivity contribution < 1.29 is 4.79 Å². The Morgan fingerprint density at radius 2 is 1.71 bits per heavy atom. The highest BCUT2D eigenvalue weighted by molar-refractivity contribution is 6.31. The molecule has 0 bridgehead atoms. The predicted molar refractivity (Wildman–Crippen MR) is 99.1 cm³/mol. The summed E-state index contributed by atoms with van der Waals surface area (Å²) in [6, 6.07) is 15.4. The zero-order chi connectivity index (χ0) is 17.5. The van der Waals surface area contributed by atoms with Crippen molar-refractivity contribution in [1.82, 2.24) is 15.5 Å². The Bertz CT molecular complexity index is 671. The lowest BCUT2D eigenvalue weighted by Gasteiger charge is -2.16. The summed E-state index contributed by atoms with van der Waals surface area (Å²) in [6.07, 6.45) is 0. The van der Waals surface area contributed by atoms with Crippen LogP contribution in [-0.2, 0) is 13.1 Å². The molecular formula is C19H24ClN3O. The smallest absolute Gasteiger partial charge is 0.315 e. The Morgan fingerprint density at radius 1 is 1.08 bits per heavy atom. The lowest BCUT2D eigenvalue weighted by atomic mass is 10.1. The van der Waals surface area contributed by atoms with Crippen LogP contribution in [0.5, 0.6) is 0 Å². The van der Waals surface area contributed by atoms with Crippen LogP contribution in [0.25, 0.3) is 0 Å². The summed E-state index contributed by atoms with van der Waals surface area (Å²) in [4.78, 5) is 14.2. The van der Waals surface area contributed by atoms with Crippen LogP contribution in [0.1, 0.15) is 29.7 Å². The van der Waals surface area contributed by atoms with Crippen molar-refractivity contribution in [3.05, 3.63) is 70.2 Å². The van der Waals surface area contributed by atoms with Crippen LogP contribution < -0.4 is 10.6 Å². The van der Waals surface area contributed by atoms with E-state index in [0.717, 1.165) is 17.7 Å². The van der Waals surface area contributed by atoms with Crippen molar-refractivity contribution in [2.45, 2.75) is 26.1 Å². The maximum absolute atomic E-state index is 12.1. The van der Waals surface area contributed by atoms with Gasteiger partial charge in [-0.15, -0.1) is 0 Å². The molecule has 1 atom stereocenters. The van der Waals surface area contributed by atoms with Gasteiger partial charge in [-0.2, -0.15) is 0 Å². The number of nitrogens with zero attached hydrogens (tertiary/aromatic N) is 1. The van der Waals surface area contributed by atoms with Gasteiger partial charge in [0.05, 0.1) is 6.04 Å². The van der Waals surface area contributed by atoms with E-state index in [2.05, 4.69) is 27.7 Å². The number of carbonyl (C=O) groups is 1. The summed E-state index contributed by atoms with van der Waals surface area (Å²) in [5.74, 6) is 0. The molecule has 0 aliphatic rings. The SMILES string of the molecule is CC(NC(=O)NCc1ccc(CN(C)C)cc1)c1ccccc1Cl. The summed E-state index contributed by atoms with van der Waals surface area (Å²) in [5.41, 5.74) is 3.22. The molecule has 2 rings (SSSR count). The van der Waals surface area contributed by atoms with E-state index in [1.54, 1.807) is 0 Å². The minimum atomic E-state index is -0.209. The topological polar surface area (TPSA) is 44.4 Å². The van der Waals surface area contributed by atoms with Gasteiger partial charge in [0, 0.05) is 18.1 Å². The van der Waals surface area contributed by atoms with E-state index in [0.29, 0.717) is 11.6 Å². The molecule has 0 saturated carbocycles. The molecule has 128 valence electrons. The molecule has 0 radical (unpaired) electrons. The molecule has 24 heavy (non-hydrogen) atoms. The molecule has 0 aliphatic heterocycles. The number of halogens is 1. The van der Waals surface area contributed by atoms with Gasteiger partial charge in [-0.1, -0.05) is 54.1 Å². The first-order chi connectivity index (χ1) is 11.5. The molecule has 0 aliphatic carbocycles. The van der Waals surface area contributed by atoms with E-state index in [1.807, 2.05) is 57.4 Å². The molecule has 0 spiro atoms. The predicted octanol–water partition coefficient (Wildman–Crippen LogP) is 3.96. The van der Waals surface area contributed by atoms with Crippen molar-refractivity contribution >= 4 is 17.6 Å². The summed E-state index contributed by atoms with van der Waals surface area (Å²) in [6.45, 7) is 3.31. The molecule has 0 fully saturated rings. The fourth-order valence-corrected chi connectivity index (χ4v) is 2.76. The number of carbonyl (C=O) groups excluding carboxylic acids is 1. The molecule has 2 amide bonds. The summed E-state index contributed by atoms with van der Waals surface area (Å²) in [7, 11) is 4.08. The highest BCUT2D eigenvalue weighted by atomic mass is 35.5. The van der Waals surface area contributed by atoms with E-state index < -0.39 is 0 Å². The lowest BCUT2D eigenvalue weighted by molar-refractivity contribution is 0.237. The third-order valence-electron chi connectivity index (χ3n) is 3.69. The van der Waals surface area contributed by atoms with Gasteiger partial charge in [-0.05, 0) is 43.8 Å². The summed E-state index contributed by atoms with van der Waals surface area (Å²) in [5, 5.41) is 6.43. The number of benzene rings is 2. The fourth-order valence-electron chi connectivity index (χ4n) is 2.46. The van der Waals surface area contributed by atoms with E-state index in [4.69, 9.17) is 11.6 Å². The summed E-state index contributed by atoms with van der Waals surface area (Å²) < 4.78 is 0. The molecule has 2 N–H and O–H groups in total. The minimum absolute atomic E-state index is 0.152. The maximum atomic E-state index is 12.1. The van der Waals surface area contributed by atoms with Crippen molar-refractivity contribution in [3.8, 4) is 0 Å². The average molecular weight is 346 g/mol. The summed E-state index contributed by atoms with van der Waals surface area (Å²) >= 11 is 6.15. The van der Waals surface area contributed by atoms with Crippen LogP contribution in [0.2, 0.25) is 5.02 Å². The van der Waals surface area contributed by atoms with E-state index in [-0.39, 0.29) is 12.1 Å². The van der Waals surface area contributed by atoms with Crippen molar-refractivity contribution in [2.24, 2.45) is 0 Å². The van der Waals surface area contributed by atoms with Gasteiger partial charge in [0.25, 0.3) is 0 Å². The van der Waals surface area contributed by atoms with Crippen LogP contribution in [0.15, 0.2) is 48.5 Å². The number of hydrogen-bond acceptors (Lipinski definition) is 2. The van der Waals surface area contributed by atoms with E-state index in [9.17, 15) is 4.79 Å². The highest BCUT2D eigenvalue weighted by Gasteiger charge is 2.11. The van der Waals surface area contributed by atoms with Gasteiger partial charge in [-0.3, -0.25) is 0 Å². The van der Waals surface area contributed by atoms with Gasteiger partial charge in [0.2, 0.25) is 0 Å². The van der Waals surface area contributed by atoms with Crippen LogP contribution in [0, 0.1) is 0 Å². The number of nitrogens with one attached hydrogen (secondary N) is 2. The third-order valence-corrected chi connectivity index (χ3v) is 4.04. The van der Waals surface area contributed by atoms with Crippen molar-refractivity contribution in [1.29, 1.82) is 0 Å². The Morgan fingerprint density at radius 3 is 2.33 bits per heavy atom. The van der Waals surface area contributed by atoms with Gasteiger partial charge >= 0.3 is 6.03 Å². The first-order valence-electron chi connectivity index (χ1n) is 7.97. The van der Waals surface area contributed by atoms with E-state index >= 15 is 0 Å². The molecule has 0 heterocycles. The zero-order valence-electron chi connectivity index (χ0n) is 14.3. The minimum Gasteiger partial charge on any atom is -0.334 e. The molecule has 5 heteroatoms. The number of rotatable bonds is 6. The van der Waals surface area contributed by atoms with Crippen LogP contribution >= 0.6 is 11.6 Å². The molecular weight excluding hydrogens is 322 g/mol. The standard InChI is InChI=1S/C19H24ClN3O/c1-14(17-6-4-5-7-18(17)20)22-19(24)21-12-15-8-10-16(11-9-15)13-23(2)3/h4-11,14H,12-13H2,1-3H3,(H2,21,22,24). The third kappa shape index (κ3) is 5.55. The molecule has 2 aromatic carbocycles. The quantitative estimate of drug-likeness (QED) is 0.832. The van der Waals surface area contributed by atoms with Gasteiger partial charge in [-0.25, -0.2) is 4.79 Å². The van der Waals surface area contributed by atoms with Crippen LogP contribution in [-0.4, -0.2) is 25.0 Å². The van der Waals surface area contributed by atoms with E-state index in [1.165, 1.54) is 5.56 Å². The second-order valence-corrected chi connectivity index (χ2v) is 6.53. The Hall–Kier alpha value is -2.04.